The standard InChI is InChI=1S/ClH.Mg.6H2O.2H/h1H;;6*1H2;;/q;+2;;;;;;;2*-1. The van der Waals surface area contributed by atoms with Gasteiger partial charge in [0.25, 0.3) is 0 Å². The van der Waals surface area contributed by atoms with Crippen LogP contribution in [0, 0.1) is 0 Å². The minimum absolute atomic E-state index is 0. The van der Waals surface area contributed by atoms with E-state index in [0.717, 1.165) is 0 Å². The topological polar surface area (TPSA) is 189 Å². The monoisotopic (exact) mass is 170 g/mol. The Morgan fingerprint density at radius 1 is 0.500 bits per heavy atom. The van der Waals surface area contributed by atoms with Crippen LogP contribution in [-0.2, 0) is 0 Å². The van der Waals surface area contributed by atoms with Crippen LogP contribution in [0.25, 0.3) is 0 Å². The average Bonchev–Trinajstić information content (AvgIpc) is 0. The van der Waals surface area contributed by atoms with Gasteiger partial charge < -0.3 is 35.7 Å². The van der Waals surface area contributed by atoms with Crippen molar-refractivity contribution in [3.63, 3.8) is 0 Å². The third-order valence-corrected chi connectivity index (χ3v) is 0. The zero-order valence-corrected chi connectivity index (χ0v) is 6.35. The van der Waals surface area contributed by atoms with Gasteiger partial charge in [0.2, 0.25) is 0 Å². The first-order valence-electron chi connectivity index (χ1n) is 0. The number of hydrogen-bond acceptors (Lipinski definition) is 0. The van der Waals surface area contributed by atoms with Gasteiger partial charge >= 0.3 is 23.1 Å². The van der Waals surface area contributed by atoms with Gasteiger partial charge in [0.1, 0.15) is 0 Å². The van der Waals surface area contributed by atoms with Crippen LogP contribution in [0.15, 0.2) is 0 Å². The number of rotatable bonds is 0. The fourth-order valence-corrected chi connectivity index (χ4v) is 0. The molecule has 8 heavy (non-hydrogen) atoms. The van der Waals surface area contributed by atoms with Gasteiger partial charge in [-0.1, -0.05) is 0 Å². The Morgan fingerprint density at radius 2 is 0.500 bits per heavy atom. The van der Waals surface area contributed by atoms with E-state index in [1.54, 1.807) is 0 Å². The molecule has 0 atom stereocenters. The Labute approximate surface area is 71.6 Å². The van der Waals surface area contributed by atoms with E-state index in [0.29, 0.717) is 0 Å². The van der Waals surface area contributed by atoms with Gasteiger partial charge in [-0.15, -0.1) is 12.4 Å². The number of halogens is 1. The van der Waals surface area contributed by atoms with E-state index < -0.39 is 0 Å². The van der Waals surface area contributed by atoms with E-state index in [4.69, 9.17) is 0 Å². The summed E-state index contributed by atoms with van der Waals surface area (Å²) in [6.45, 7) is 0. The first-order valence-corrected chi connectivity index (χ1v) is 0. The Kier molecular flexibility index (Phi) is 55100. The van der Waals surface area contributed by atoms with Gasteiger partial charge in [0.15, 0.2) is 0 Å². The van der Waals surface area contributed by atoms with E-state index in [9.17, 15) is 0 Å². The van der Waals surface area contributed by atoms with Crippen molar-refractivity contribution in [1.82, 2.24) is 0 Å². The summed E-state index contributed by atoms with van der Waals surface area (Å²) in [6, 6.07) is 0. The van der Waals surface area contributed by atoms with Crippen LogP contribution in [-0.4, -0.2) is 55.9 Å². The molecule has 0 saturated heterocycles. The van der Waals surface area contributed by atoms with E-state index in [1.165, 1.54) is 0 Å². The molecule has 0 fully saturated rings. The summed E-state index contributed by atoms with van der Waals surface area (Å²) in [4.78, 5) is 0. The van der Waals surface area contributed by atoms with Gasteiger partial charge in [0, 0.05) is 0 Å². The molecule has 0 amide bonds. The molecule has 12 N–H and O–H groups in total. The van der Waals surface area contributed by atoms with E-state index in [2.05, 4.69) is 0 Å². The zero-order valence-electron chi connectivity index (χ0n) is 6.12. The van der Waals surface area contributed by atoms with Gasteiger partial charge in [-0.05, 0) is 0 Å². The molecule has 0 aromatic heterocycles. The maximum Gasteiger partial charge on any atom is 2.00 e. The van der Waals surface area contributed by atoms with Crippen molar-refractivity contribution in [3.05, 3.63) is 0 Å². The van der Waals surface area contributed by atoms with Crippen molar-refractivity contribution in [2.75, 3.05) is 0 Å². The average molecular weight is 171 g/mol. The van der Waals surface area contributed by atoms with Crippen molar-refractivity contribution >= 4 is 35.5 Å². The van der Waals surface area contributed by atoms with Crippen LogP contribution < -0.4 is 0 Å². The predicted molar refractivity (Wildman–Crippen MR) is 36.9 cm³/mol. The minimum Gasteiger partial charge on any atom is -1.00 e. The smallest absolute Gasteiger partial charge is 1.00 e. The fourth-order valence-electron chi connectivity index (χ4n) is 0. The maximum atomic E-state index is 0. The van der Waals surface area contributed by atoms with E-state index in [1.807, 2.05) is 0 Å². The summed E-state index contributed by atoms with van der Waals surface area (Å²) in [5.41, 5.74) is 0. The largest absolute Gasteiger partial charge is 2.00 e. The van der Waals surface area contributed by atoms with Gasteiger partial charge in [0.05, 0.1) is 0 Å². The Bertz CT molecular complexity index is 15.7. The summed E-state index contributed by atoms with van der Waals surface area (Å²) >= 11 is 0. The molecule has 0 aliphatic heterocycles. The molecule has 0 heterocycles. The summed E-state index contributed by atoms with van der Waals surface area (Å²) in [7, 11) is 0. The first-order chi connectivity index (χ1) is 0. The second-order valence-corrected chi connectivity index (χ2v) is 0. The molecule has 8 heteroatoms. The van der Waals surface area contributed by atoms with Crippen molar-refractivity contribution in [1.29, 1.82) is 0 Å². The molecule has 60 valence electrons. The van der Waals surface area contributed by atoms with Crippen molar-refractivity contribution < 1.29 is 35.7 Å². The van der Waals surface area contributed by atoms with Gasteiger partial charge in [-0.2, -0.15) is 0 Å². The Morgan fingerprint density at radius 3 is 0.500 bits per heavy atom. The molecule has 0 aliphatic carbocycles. The SMILES string of the molecule is Cl.O.O.O.O.O.O.[H-].[H-].[Mg+2]. The molecular formula is H15ClMgO6. The quantitative estimate of drug-likeness (QED) is 0.316. The molecule has 0 aliphatic rings. The molecule has 0 rings (SSSR count). The molecule has 0 unspecified atom stereocenters. The molecule has 0 saturated carbocycles. The summed E-state index contributed by atoms with van der Waals surface area (Å²) in [6.07, 6.45) is 0. The van der Waals surface area contributed by atoms with E-state index >= 15 is 0 Å². The Hall–Kier alpha value is 0.816. The Balaban J connectivity index is 0. The molecule has 0 radical (unpaired) electrons. The molecule has 0 spiro atoms. The molecule has 6 nitrogen and oxygen atoms in total. The van der Waals surface area contributed by atoms with Crippen LogP contribution in [0.4, 0.5) is 0 Å². The van der Waals surface area contributed by atoms with Crippen molar-refractivity contribution in [3.8, 4) is 0 Å². The summed E-state index contributed by atoms with van der Waals surface area (Å²) in [5.74, 6) is 0. The van der Waals surface area contributed by atoms with Gasteiger partial charge in [-0.3, -0.25) is 0 Å². The number of hydrogen-bond donors (Lipinski definition) is 0. The maximum absolute atomic E-state index is 0. The molecule has 0 bridgehead atoms. The fraction of sp³-hybridized carbons (Fsp3) is 0. The first kappa shape index (κ1) is 808. The summed E-state index contributed by atoms with van der Waals surface area (Å²) < 4.78 is 0. The third kappa shape index (κ3) is 346. The van der Waals surface area contributed by atoms with Crippen LogP contribution >= 0.6 is 12.4 Å². The molecule has 0 aromatic carbocycles. The second-order valence-electron chi connectivity index (χ2n) is 0. The van der Waals surface area contributed by atoms with Crippen LogP contribution in [0.5, 0.6) is 0 Å². The second kappa shape index (κ2) is 545. The predicted octanol–water partition coefficient (Wildman–Crippen LogP) is -4.68. The van der Waals surface area contributed by atoms with Crippen molar-refractivity contribution in [2.45, 2.75) is 0 Å². The van der Waals surface area contributed by atoms with Crippen molar-refractivity contribution in [2.24, 2.45) is 0 Å². The van der Waals surface area contributed by atoms with E-state index in [-0.39, 0.29) is 71.2 Å². The molecule has 0 aromatic rings. The summed E-state index contributed by atoms with van der Waals surface area (Å²) in [5, 5.41) is 0. The molecular weight excluding hydrogens is 156 g/mol. The zero-order chi connectivity index (χ0) is 0. The third-order valence-electron chi connectivity index (χ3n) is 0. The van der Waals surface area contributed by atoms with Gasteiger partial charge in [-0.25, -0.2) is 0 Å². The van der Waals surface area contributed by atoms with Crippen LogP contribution in [0.1, 0.15) is 2.85 Å². The minimum atomic E-state index is 0. The van der Waals surface area contributed by atoms with Crippen LogP contribution in [0.3, 0.4) is 0 Å². The normalized spacial score (nSPS) is 0. The van der Waals surface area contributed by atoms with Crippen LogP contribution in [0.2, 0.25) is 0 Å².